The lowest BCUT2D eigenvalue weighted by atomic mass is 9.99. The largest absolute Gasteiger partial charge is 0.350 e. The summed E-state index contributed by atoms with van der Waals surface area (Å²) < 4.78 is 0. The van der Waals surface area contributed by atoms with Gasteiger partial charge in [-0.1, -0.05) is 0 Å². The Hall–Kier alpha value is -1.10. The number of rotatable bonds is 3. The molecule has 5 nitrogen and oxygen atoms in total. The third-order valence-corrected chi connectivity index (χ3v) is 2.61. The summed E-state index contributed by atoms with van der Waals surface area (Å²) in [7, 11) is 0. The van der Waals surface area contributed by atoms with E-state index in [0.717, 1.165) is 19.4 Å². The Labute approximate surface area is 103 Å². The maximum absolute atomic E-state index is 11.7. The topological polar surface area (TPSA) is 70.2 Å². The third-order valence-electron chi connectivity index (χ3n) is 2.61. The van der Waals surface area contributed by atoms with Gasteiger partial charge in [0.1, 0.15) is 0 Å². The van der Waals surface area contributed by atoms with Crippen molar-refractivity contribution in [3.05, 3.63) is 0 Å². The van der Waals surface area contributed by atoms with Crippen molar-refractivity contribution in [3.8, 4) is 0 Å². The number of piperidine rings is 1. The number of nitrogens with one attached hydrogen (secondary N) is 3. The molecule has 1 heterocycles. The van der Waals surface area contributed by atoms with Crippen molar-refractivity contribution in [2.24, 2.45) is 5.92 Å². The van der Waals surface area contributed by atoms with Gasteiger partial charge in [-0.2, -0.15) is 0 Å². The summed E-state index contributed by atoms with van der Waals surface area (Å²) in [6.07, 6.45) is 1.92. The SMILES string of the molecule is CC(C)(C)NC(=O)CNC(=O)[C@@H]1CCCNC1. The molecule has 17 heavy (non-hydrogen) atoms. The van der Waals surface area contributed by atoms with Crippen molar-refractivity contribution in [2.75, 3.05) is 19.6 Å². The molecule has 0 aromatic rings. The first-order valence-electron chi connectivity index (χ1n) is 6.18. The summed E-state index contributed by atoms with van der Waals surface area (Å²) in [4.78, 5) is 23.2. The first-order chi connectivity index (χ1) is 7.88. The Morgan fingerprint density at radius 2 is 2.06 bits per heavy atom. The molecule has 0 saturated carbocycles. The van der Waals surface area contributed by atoms with Gasteiger partial charge in [-0.3, -0.25) is 9.59 Å². The van der Waals surface area contributed by atoms with Crippen LogP contribution in [0.2, 0.25) is 0 Å². The summed E-state index contributed by atoms with van der Waals surface area (Å²) in [5, 5.41) is 8.67. The van der Waals surface area contributed by atoms with Crippen LogP contribution in [0.15, 0.2) is 0 Å². The molecule has 3 N–H and O–H groups in total. The van der Waals surface area contributed by atoms with Crippen LogP contribution in [0.1, 0.15) is 33.6 Å². The van der Waals surface area contributed by atoms with Crippen LogP contribution in [-0.2, 0) is 9.59 Å². The number of carbonyl (C=O) groups excluding carboxylic acids is 2. The molecule has 1 aliphatic heterocycles. The fourth-order valence-corrected chi connectivity index (χ4v) is 1.85. The second-order valence-electron chi connectivity index (χ2n) is 5.56. The Bertz CT molecular complexity index is 278. The molecule has 0 aliphatic carbocycles. The van der Waals surface area contributed by atoms with Gasteiger partial charge in [0, 0.05) is 12.1 Å². The highest BCUT2D eigenvalue weighted by molar-refractivity contribution is 5.86. The van der Waals surface area contributed by atoms with Crippen molar-refractivity contribution >= 4 is 11.8 Å². The Morgan fingerprint density at radius 1 is 1.35 bits per heavy atom. The quantitative estimate of drug-likeness (QED) is 0.652. The normalized spacial score (nSPS) is 20.8. The van der Waals surface area contributed by atoms with Crippen LogP contribution in [0, 0.1) is 5.92 Å². The van der Waals surface area contributed by atoms with Crippen LogP contribution in [-0.4, -0.2) is 37.0 Å². The minimum atomic E-state index is -0.256. The van der Waals surface area contributed by atoms with Crippen molar-refractivity contribution in [1.82, 2.24) is 16.0 Å². The maximum Gasteiger partial charge on any atom is 0.239 e. The van der Waals surface area contributed by atoms with E-state index in [0.29, 0.717) is 6.54 Å². The van der Waals surface area contributed by atoms with Crippen molar-refractivity contribution in [1.29, 1.82) is 0 Å². The average Bonchev–Trinajstić information content (AvgIpc) is 2.25. The fraction of sp³-hybridized carbons (Fsp3) is 0.833. The van der Waals surface area contributed by atoms with Gasteiger partial charge in [-0.05, 0) is 40.2 Å². The zero-order valence-corrected chi connectivity index (χ0v) is 10.9. The molecule has 0 radical (unpaired) electrons. The van der Waals surface area contributed by atoms with Crippen LogP contribution in [0.5, 0.6) is 0 Å². The van der Waals surface area contributed by atoms with Crippen LogP contribution in [0.25, 0.3) is 0 Å². The minimum absolute atomic E-state index is 0.00573. The molecule has 1 atom stereocenters. The summed E-state index contributed by atoms with van der Waals surface area (Å²) in [5.41, 5.74) is -0.256. The van der Waals surface area contributed by atoms with E-state index in [1.54, 1.807) is 0 Å². The maximum atomic E-state index is 11.7. The first-order valence-corrected chi connectivity index (χ1v) is 6.18. The number of hydrogen-bond donors (Lipinski definition) is 3. The van der Waals surface area contributed by atoms with E-state index in [4.69, 9.17) is 0 Å². The third kappa shape index (κ3) is 5.68. The van der Waals surface area contributed by atoms with Gasteiger partial charge in [-0.15, -0.1) is 0 Å². The van der Waals surface area contributed by atoms with Crippen LogP contribution in [0.4, 0.5) is 0 Å². The number of amides is 2. The molecule has 0 bridgehead atoms. The second-order valence-corrected chi connectivity index (χ2v) is 5.56. The highest BCUT2D eigenvalue weighted by Crippen LogP contribution is 2.09. The monoisotopic (exact) mass is 241 g/mol. The predicted octanol–water partition coefficient (Wildman–Crippen LogP) is 0.0169. The average molecular weight is 241 g/mol. The van der Waals surface area contributed by atoms with E-state index in [9.17, 15) is 9.59 Å². The van der Waals surface area contributed by atoms with E-state index in [1.807, 2.05) is 20.8 Å². The zero-order chi connectivity index (χ0) is 12.9. The summed E-state index contributed by atoms with van der Waals surface area (Å²) in [5.74, 6) is -0.165. The standard InChI is InChI=1S/C12H23N3O2/c1-12(2,3)15-10(16)8-14-11(17)9-5-4-6-13-7-9/h9,13H,4-8H2,1-3H3,(H,14,17)(H,15,16)/t9-/m1/s1. The Kier molecular flexibility index (Phi) is 4.93. The summed E-state index contributed by atoms with van der Waals surface area (Å²) in [6, 6.07) is 0. The number of carbonyl (C=O) groups is 2. The molecule has 98 valence electrons. The Balaban J connectivity index is 2.25. The van der Waals surface area contributed by atoms with Gasteiger partial charge >= 0.3 is 0 Å². The highest BCUT2D eigenvalue weighted by Gasteiger charge is 2.21. The molecule has 1 rings (SSSR count). The highest BCUT2D eigenvalue weighted by atomic mass is 16.2. The van der Waals surface area contributed by atoms with Crippen molar-refractivity contribution < 1.29 is 9.59 Å². The molecule has 2 amide bonds. The van der Waals surface area contributed by atoms with E-state index >= 15 is 0 Å². The molecule has 0 spiro atoms. The van der Waals surface area contributed by atoms with Gasteiger partial charge in [0.2, 0.25) is 11.8 Å². The van der Waals surface area contributed by atoms with Gasteiger partial charge in [-0.25, -0.2) is 0 Å². The fourth-order valence-electron chi connectivity index (χ4n) is 1.85. The lowest BCUT2D eigenvalue weighted by molar-refractivity contribution is -0.129. The molecular weight excluding hydrogens is 218 g/mol. The van der Waals surface area contributed by atoms with Gasteiger partial charge in [0.15, 0.2) is 0 Å². The van der Waals surface area contributed by atoms with Crippen molar-refractivity contribution in [3.63, 3.8) is 0 Å². The lowest BCUT2D eigenvalue weighted by Gasteiger charge is -2.23. The molecule has 1 saturated heterocycles. The molecule has 0 aromatic heterocycles. The zero-order valence-electron chi connectivity index (χ0n) is 10.9. The first kappa shape index (κ1) is 14.0. The molecular formula is C12H23N3O2. The van der Waals surface area contributed by atoms with Crippen molar-refractivity contribution in [2.45, 2.75) is 39.2 Å². The van der Waals surface area contributed by atoms with Crippen LogP contribution < -0.4 is 16.0 Å². The lowest BCUT2D eigenvalue weighted by Crippen LogP contribution is -2.48. The molecule has 5 heteroatoms. The van der Waals surface area contributed by atoms with E-state index < -0.39 is 0 Å². The predicted molar refractivity (Wildman–Crippen MR) is 66.5 cm³/mol. The smallest absolute Gasteiger partial charge is 0.239 e. The summed E-state index contributed by atoms with van der Waals surface area (Å²) >= 11 is 0. The number of hydrogen-bond acceptors (Lipinski definition) is 3. The van der Waals surface area contributed by atoms with Crippen LogP contribution in [0.3, 0.4) is 0 Å². The molecule has 1 fully saturated rings. The molecule has 0 unspecified atom stereocenters. The van der Waals surface area contributed by atoms with Gasteiger partial charge in [0.05, 0.1) is 12.5 Å². The van der Waals surface area contributed by atoms with E-state index in [1.165, 1.54) is 0 Å². The Morgan fingerprint density at radius 3 is 2.59 bits per heavy atom. The molecule has 1 aliphatic rings. The molecule has 0 aromatic carbocycles. The van der Waals surface area contributed by atoms with E-state index in [-0.39, 0.29) is 29.8 Å². The summed E-state index contributed by atoms with van der Waals surface area (Å²) in [6.45, 7) is 7.50. The second kappa shape index (κ2) is 6.00. The minimum Gasteiger partial charge on any atom is -0.350 e. The van der Waals surface area contributed by atoms with Gasteiger partial charge in [0.25, 0.3) is 0 Å². The van der Waals surface area contributed by atoms with Crippen LogP contribution >= 0.6 is 0 Å². The van der Waals surface area contributed by atoms with E-state index in [2.05, 4.69) is 16.0 Å². The van der Waals surface area contributed by atoms with Gasteiger partial charge < -0.3 is 16.0 Å².